The molecule has 1 N–H and O–H groups in total. The Labute approximate surface area is 183 Å². The molecule has 0 unspecified atom stereocenters. The van der Waals surface area contributed by atoms with Gasteiger partial charge in [-0.1, -0.05) is 0 Å². The van der Waals surface area contributed by atoms with Crippen LogP contribution in [0.4, 0.5) is 5.82 Å². The van der Waals surface area contributed by atoms with Gasteiger partial charge in [-0.15, -0.1) is 11.3 Å². The SMILES string of the molecule is Cc1sc2ncnc(N3CCC(C(=O)NCCCN4CCN(C)CC4)CC3)c2c1C. The molecule has 2 aliphatic heterocycles. The van der Waals surface area contributed by atoms with Gasteiger partial charge < -0.3 is 20.0 Å². The van der Waals surface area contributed by atoms with E-state index in [0.29, 0.717) is 0 Å². The number of carbonyl (C=O) groups excluding carboxylic acids is 1. The van der Waals surface area contributed by atoms with Crippen molar-refractivity contribution in [1.82, 2.24) is 25.1 Å². The van der Waals surface area contributed by atoms with Gasteiger partial charge in [0.25, 0.3) is 0 Å². The molecule has 1 amide bonds. The summed E-state index contributed by atoms with van der Waals surface area (Å²) >= 11 is 1.74. The highest BCUT2D eigenvalue weighted by Crippen LogP contribution is 2.35. The summed E-state index contributed by atoms with van der Waals surface area (Å²) in [4.78, 5) is 31.3. The number of carbonyl (C=O) groups is 1. The smallest absolute Gasteiger partial charge is 0.223 e. The maximum Gasteiger partial charge on any atom is 0.223 e. The zero-order valence-corrected chi connectivity index (χ0v) is 19.3. The van der Waals surface area contributed by atoms with E-state index in [1.807, 2.05) is 0 Å². The van der Waals surface area contributed by atoms with Crippen molar-refractivity contribution in [3.05, 3.63) is 16.8 Å². The molecule has 8 heteroatoms. The summed E-state index contributed by atoms with van der Waals surface area (Å²) in [6.07, 6.45) is 4.48. The molecule has 2 fully saturated rings. The monoisotopic (exact) mass is 430 g/mol. The molecule has 4 heterocycles. The molecule has 164 valence electrons. The van der Waals surface area contributed by atoms with Crippen LogP contribution in [0.25, 0.3) is 10.2 Å². The highest BCUT2D eigenvalue weighted by Gasteiger charge is 2.27. The average molecular weight is 431 g/mol. The van der Waals surface area contributed by atoms with Gasteiger partial charge in [-0.05, 0) is 52.3 Å². The van der Waals surface area contributed by atoms with Crippen molar-refractivity contribution in [3.8, 4) is 0 Å². The number of rotatable bonds is 6. The first kappa shape index (κ1) is 21.5. The van der Waals surface area contributed by atoms with Crippen LogP contribution in [0, 0.1) is 19.8 Å². The normalized spacial score (nSPS) is 19.5. The molecule has 2 aliphatic rings. The molecule has 0 aliphatic carbocycles. The summed E-state index contributed by atoms with van der Waals surface area (Å²) in [6, 6.07) is 0. The van der Waals surface area contributed by atoms with Gasteiger partial charge in [0.05, 0.1) is 5.39 Å². The van der Waals surface area contributed by atoms with Gasteiger partial charge in [-0.2, -0.15) is 0 Å². The van der Waals surface area contributed by atoms with Crippen molar-refractivity contribution in [2.24, 2.45) is 5.92 Å². The number of piperazine rings is 1. The molecule has 0 saturated carbocycles. The summed E-state index contributed by atoms with van der Waals surface area (Å²) in [6.45, 7) is 12.5. The van der Waals surface area contributed by atoms with Crippen LogP contribution in [0.3, 0.4) is 0 Å². The molecule has 0 radical (unpaired) electrons. The number of likely N-dealkylation sites (N-methyl/N-ethyl adjacent to an activating group) is 1. The largest absolute Gasteiger partial charge is 0.356 e. The summed E-state index contributed by atoms with van der Waals surface area (Å²) in [5, 5.41) is 4.37. The topological polar surface area (TPSA) is 64.6 Å². The van der Waals surface area contributed by atoms with E-state index in [-0.39, 0.29) is 11.8 Å². The van der Waals surface area contributed by atoms with Gasteiger partial charge >= 0.3 is 0 Å². The van der Waals surface area contributed by atoms with Crippen LogP contribution >= 0.6 is 11.3 Å². The van der Waals surface area contributed by atoms with Crippen molar-refractivity contribution in [3.63, 3.8) is 0 Å². The van der Waals surface area contributed by atoms with E-state index in [2.05, 4.69) is 50.9 Å². The lowest BCUT2D eigenvalue weighted by atomic mass is 9.95. The lowest BCUT2D eigenvalue weighted by Crippen LogP contribution is -2.45. The third-order valence-corrected chi connectivity index (χ3v) is 7.77. The third kappa shape index (κ3) is 4.76. The standard InChI is InChI=1S/C22H34N6OS/c1-16-17(2)30-22-19(16)20(24-15-25-22)28-9-5-18(6-10-28)21(29)23-7-4-8-27-13-11-26(3)12-14-27/h15,18H,4-14H2,1-3H3,(H,23,29). The van der Waals surface area contributed by atoms with Crippen LogP contribution < -0.4 is 10.2 Å². The summed E-state index contributed by atoms with van der Waals surface area (Å²) in [7, 11) is 2.18. The predicted octanol–water partition coefficient (Wildman–Crippen LogP) is 2.28. The molecule has 0 bridgehead atoms. The minimum absolute atomic E-state index is 0.118. The first-order valence-electron chi connectivity index (χ1n) is 11.2. The maximum atomic E-state index is 12.6. The Morgan fingerprint density at radius 3 is 2.60 bits per heavy atom. The first-order chi connectivity index (χ1) is 14.5. The zero-order chi connectivity index (χ0) is 21.1. The van der Waals surface area contributed by atoms with E-state index < -0.39 is 0 Å². The lowest BCUT2D eigenvalue weighted by Gasteiger charge is -2.33. The Balaban J connectivity index is 1.23. The third-order valence-electron chi connectivity index (χ3n) is 6.66. The van der Waals surface area contributed by atoms with Crippen molar-refractivity contribution < 1.29 is 4.79 Å². The van der Waals surface area contributed by atoms with Crippen molar-refractivity contribution in [2.45, 2.75) is 33.1 Å². The molecule has 2 saturated heterocycles. The lowest BCUT2D eigenvalue weighted by molar-refractivity contribution is -0.125. The Hall–Kier alpha value is -1.77. The number of anilines is 1. The molecule has 2 aromatic heterocycles. The van der Waals surface area contributed by atoms with Crippen molar-refractivity contribution in [1.29, 1.82) is 0 Å². The van der Waals surface area contributed by atoms with E-state index >= 15 is 0 Å². The molecular weight excluding hydrogens is 396 g/mol. The van der Waals surface area contributed by atoms with Gasteiger partial charge in [0.15, 0.2) is 0 Å². The van der Waals surface area contributed by atoms with Gasteiger partial charge in [0.2, 0.25) is 5.91 Å². The number of nitrogens with one attached hydrogen (secondary N) is 1. The Morgan fingerprint density at radius 1 is 1.13 bits per heavy atom. The minimum Gasteiger partial charge on any atom is -0.356 e. The van der Waals surface area contributed by atoms with Crippen LogP contribution in [-0.4, -0.2) is 85.1 Å². The predicted molar refractivity (Wildman–Crippen MR) is 123 cm³/mol. The second-order valence-corrected chi connectivity index (χ2v) is 9.91. The van der Waals surface area contributed by atoms with E-state index in [1.165, 1.54) is 15.8 Å². The Bertz CT molecular complexity index is 868. The number of nitrogens with zero attached hydrogens (tertiary/aromatic N) is 5. The second-order valence-electron chi connectivity index (χ2n) is 8.71. The van der Waals surface area contributed by atoms with E-state index in [4.69, 9.17) is 0 Å². The summed E-state index contributed by atoms with van der Waals surface area (Å²) in [5.41, 5.74) is 1.28. The molecule has 2 aromatic rings. The van der Waals surface area contributed by atoms with Crippen LogP contribution in [0.2, 0.25) is 0 Å². The van der Waals surface area contributed by atoms with E-state index in [9.17, 15) is 4.79 Å². The number of hydrogen-bond acceptors (Lipinski definition) is 7. The molecule has 4 rings (SSSR count). The Morgan fingerprint density at radius 2 is 1.87 bits per heavy atom. The number of amides is 1. The Kier molecular flexibility index (Phi) is 6.85. The number of aryl methyl sites for hydroxylation is 2. The summed E-state index contributed by atoms with van der Waals surface area (Å²) in [5.74, 6) is 1.38. The zero-order valence-electron chi connectivity index (χ0n) is 18.5. The van der Waals surface area contributed by atoms with E-state index in [1.54, 1.807) is 17.7 Å². The summed E-state index contributed by atoms with van der Waals surface area (Å²) < 4.78 is 0. The van der Waals surface area contributed by atoms with Gasteiger partial charge in [-0.25, -0.2) is 9.97 Å². The number of fused-ring (bicyclic) bond motifs is 1. The highest BCUT2D eigenvalue weighted by atomic mass is 32.1. The number of hydrogen-bond donors (Lipinski definition) is 1. The van der Waals surface area contributed by atoms with Crippen LogP contribution in [0.15, 0.2) is 6.33 Å². The molecular formula is C22H34N6OS. The maximum absolute atomic E-state index is 12.6. The van der Waals surface area contributed by atoms with Crippen LogP contribution in [0.5, 0.6) is 0 Å². The average Bonchev–Trinajstić information content (AvgIpc) is 3.06. The molecule has 7 nitrogen and oxygen atoms in total. The first-order valence-corrected chi connectivity index (χ1v) is 12.0. The van der Waals surface area contributed by atoms with Crippen LogP contribution in [-0.2, 0) is 4.79 Å². The van der Waals surface area contributed by atoms with Crippen molar-refractivity contribution >= 4 is 33.3 Å². The molecule has 0 spiro atoms. The quantitative estimate of drug-likeness (QED) is 0.710. The number of piperidine rings is 1. The van der Waals surface area contributed by atoms with Gasteiger partial charge in [0, 0.05) is 56.6 Å². The molecule has 0 atom stereocenters. The van der Waals surface area contributed by atoms with Crippen molar-refractivity contribution in [2.75, 3.05) is 64.3 Å². The van der Waals surface area contributed by atoms with E-state index in [0.717, 1.165) is 82.3 Å². The molecule has 0 aromatic carbocycles. The molecule has 30 heavy (non-hydrogen) atoms. The number of thiophene rings is 1. The fourth-order valence-corrected chi connectivity index (χ4v) is 5.48. The second kappa shape index (κ2) is 9.58. The fourth-order valence-electron chi connectivity index (χ4n) is 4.49. The van der Waals surface area contributed by atoms with Gasteiger partial charge in [0.1, 0.15) is 17.0 Å². The van der Waals surface area contributed by atoms with Gasteiger partial charge in [-0.3, -0.25) is 4.79 Å². The number of aromatic nitrogens is 2. The minimum atomic E-state index is 0.118. The van der Waals surface area contributed by atoms with Crippen LogP contribution in [0.1, 0.15) is 29.7 Å². The fraction of sp³-hybridized carbons (Fsp3) is 0.682. The highest BCUT2D eigenvalue weighted by molar-refractivity contribution is 7.18.